The second-order valence-corrected chi connectivity index (χ2v) is 9.80. The van der Waals surface area contributed by atoms with Crippen LogP contribution < -0.4 is 4.74 Å². The molecule has 5 rings (SSSR count). The number of halogens is 2. The van der Waals surface area contributed by atoms with Gasteiger partial charge in [-0.25, -0.2) is 0 Å². The van der Waals surface area contributed by atoms with Crippen LogP contribution in [0.1, 0.15) is 34.1 Å². The lowest BCUT2D eigenvalue weighted by atomic mass is 9.95. The number of aryl methyl sites for hydroxylation is 1. The van der Waals surface area contributed by atoms with E-state index in [2.05, 4.69) is 0 Å². The summed E-state index contributed by atoms with van der Waals surface area (Å²) < 4.78 is 11.3. The Hall–Kier alpha value is -4.00. The number of rotatable bonds is 7. The van der Waals surface area contributed by atoms with E-state index in [9.17, 15) is 14.7 Å². The molecule has 3 aromatic carbocycles. The summed E-state index contributed by atoms with van der Waals surface area (Å²) in [6, 6.07) is 22.1. The van der Waals surface area contributed by atoms with E-state index in [1.54, 1.807) is 54.6 Å². The quantitative estimate of drug-likeness (QED) is 0.152. The van der Waals surface area contributed by atoms with Crippen LogP contribution in [0.2, 0.25) is 10.0 Å². The van der Waals surface area contributed by atoms with Crippen LogP contribution in [0.5, 0.6) is 5.75 Å². The van der Waals surface area contributed by atoms with Gasteiger partial charge >= 0.3 is 0 Å². The molecule has 192 valence electrons. The molecule has 1 unspecified atom stereocenters. The van der Waals surface area contributed by atoms with E-state index in [-0.39, 0.29) is 22.9 Å². The first kappa shape index (κ1) is 25.6. The molecule has 8 heteroatoms. The molecule has 0 spiro atoms. The Kier molecular flexibility index (Phi) is 7.27. The van der Waals surface area contributed by atoms with Gasteiger partial charge in [-0.3, -0.25) is 9.59 Å². The number of hydrogen-bond donors (Lipinski definition) is 1. The molecule has 2 heterocycles. The number of ether oxygens (including phenoxy) is 1. The highest BCUT2D eigenvalue weighted by Crippen LogP contribution is 2.41. The highest BCUT2D eigenvalue weighted by atomic mass is 35.5. The molecule has 4 aromatic rings. The predicted molar refractivity (Wildman–Crippen MR) is 145 cm³/mol. The number of hydrogen-bond acceptors (Lipinski definition) is 5. The summed E-state index contributed by atoms with van der Waals surface area (Å²) in [4.78, 5) is 27.7. The van der Waals surface area contributed by atoms with Crippen molar-refractivity contribution in [3.8, 4) is 5.75 Å². The molecule has 6 nitrogen and oxygen atoms in total. The third kappa shape index (κ3) is 5.19. The monoisotopic (exact) mass is 547 g/mol. The molecule has 1 fully saturated rings. The van der Waals surface area contributed by atoms with Gasteiger partial charge in [0.15, 0.2) is 0 Å². The SMILES string of the molecule is Cc1cccc(COc2ccc(C(O)=C3C(=O)C(=O)N(Cc4ccco4)C3c3ccc(Cl)c(Cl)c3)cc2)c1. The van der Waals surface area contributed by atoms with Crippen molar-refractivity contribution in [2.24, 2.45) is 0 Å². The molecule has 0 saturated carbocycles. The average molecular weight is 548 g/mol. The minimum Gasteiger partial charge on any atom is -0.507 e. The fourth-order valence-electron chi connectivity index (χ4n) is 4.48. The Bertz CT molecular complexity index is 1530. The zero-order valence-corrected chi connectivity index (χ0v) is 21.9. The van der Waals surface area contributed by atoms with Gasteiger partial charge in [0.25, 0.3) is 11.7 Å². The number of amides is 1. The molecule has 0 bridgehead atoms. The number of aliphatic hydroxyl groups excluding tert-OH is 1. The second kappa shape index (κ2) is 10.8. The standard InChI is InChI=1S/C30H23Cl2NO5/c1-18-4-2-5-19(14-18)17-38-22-10-7-20(8-11-22)28(34)26-27(21-9-12-24(31)25(32)15-21)33(30(36)29(26)35)16-23-6-3-13-37-23/h2-15,27,34H,16-17H2,1H3. The van der Waals surface area contributed by atoms with Gasteiger partial charge in [-0.2, -0.15) is 0 Å². The van der Waals surface area contributed by atoms with E-state index in [1.807, 2.05) is 31.2 Å². The molecule has 0 radical (unpaired) electrons. The maximum atomic E-state index is 13.2. The molecule has 1 aliphatic rings. The van der Waals surface area contributed by atoms with Gasteiger partial charge in [-0.05, 0) is 66.6 Å². The minimum atomic E-state index is -0.896. The van der Waals surface area contributed by atoms with Crippen LogP contribution in [0.15, 0.2) is 95.1 Å². The highest BCUT2D eigenvalue weighted by molar-refractivity contribution is 6.46. The molecule has 1 amide bonds. The van der Waals surface area contributed by atoms with Crippen molar-refractivity contribution in [2.75, 3.05) is 0 Å². The minimum absolute atomic E-state index is 0.0327. The van der Waals surface area contributed by atoms with E-state index in [4.69, 9.17) is 32.4 Å². The molecule has 1 aromatic heterocycles. The average Bonchev–Trinajstić information content (AvgIpc) is 3.51. The molecule has 0 aliphatic carbocycles. The van der Waals surface area contributed by atoms with E-state index in [0.717, 1.165) is 11.1 Å². The van der Waals surface area contributed by atoms with Crippen LogP contribution in [0.4, 0.5) is 0 Å². The van der Waals surface area contributed by atoms with Crippen molar-refractivity contribution in [1.82, 2.24) is 4.90 Å². The first-order valence-corrected chi connectivity index (χ1v) is 12.6. The van der Waals surface area contributed by atoms with Crippen molar-refractivity contribution in [3.63, 3.8) is 0 Å². The summed E-state index contributed by atoms with van der Waals surface area (Å²) in [7, 11) is 0. The maximum absolute atomic E-state index is 13.2. The fraction of sp³-hybridized carbons (Fsp3) is 0.133. The normalized spacial score (nSPS) is 16.7. The van der Waals surface area contributed by atoms with Gasteiger partial charge < -0.3 is 19.2 Å². The Labute approximate surface area is 229 Å². The van der Waals surface area contributed by atoms with E-state index in [0.29, 0.717) is 34.3 Å². The summed E-state index contributed by atoms with van der Waals surface area (Å²) >= 11 is 12.4. The van der Waals surface area contributed by atoms with Gasteiger partial charge in [-0.15, -0.1) is 0 Å². The van der Waals surface area contributed by atoms with Crippen molar-refractivity contribution in [2.45, 2.75) is 26.1 Å². The first-order valence-electron chi connectivity index (χ1n) is 11.9. The zero-order chi connectivity index (χ0) is 26.8. The van der Waals surface area contributed by atoms with Gasteiger partial charge in [0.1, 0.15) is 23.9 Å². The molecule has 1 aliphatic heterocycles. The fourth-order valence-corrected chi connectivity index (χ4v) is 4.78. The highest BCUT2D eigenvalue weighted by Gasteiger charge is 2.46. The number of carbonyl (C=O) groups is 2. The van der Waals surface area contributed by atoms with Crippen LogP contribution in [0.3, 0.4) is 0 Å². The predicted octanol–water partition coefficient (Wildman–Crippen LogP) is 7.10. The van der Waals surface area contributed by atoms with Crippen molar-refractivity contribution in [1.29, 1.82) is 0 Å². The molecule has 1 N–H and O–H groups in total. The topological polar surface area (TPSA) is 80.0 Å². The lowest BCUT2D eigenvalue weighted by molar-refractivity contribution is -0.140. The summed E-state index contributed by atoms with van der Waals surface area (Å²) in [6.07, 6.45) is 1.49. The molecule has 1 saturated heterocycles. The van der Waals surface area contributed by atoms with Gasteiger partial charge in [0, 0.05) is 5.56 Å². The number of nitrogens with zero attached hydrogens (tertiary/aromatic N) is 1. The number of aliphatic hydroxyl groups is 1. The number of furan rings is 1. The van der Waals surface area contributed by atoms with Gasteiger partial charge in [-0.1, -0.05) is 59.1 Å². The van der Waals surface area contributed by atoms with Crippen LogP contribution in [-0.4, -0.2) is 21.7 Å². The smallest absolute Gasteiger partial charge is 0.296 e. The third-order valence-corrected chi connectivity index (χ3v) is 7.06. The molecular weight excluding hydrogens is 525 g/mol. The number of ketones is 1. The van der Waals surface area contributed by atoms with Crippen LogP contribution in [-0.2, 0) is 22.7 Å². The van der Waals surface area contributed by atoms with Crippen LogP contribution in [0, 0.1) is 6.92 Å². The van der Waals surface area contributed by atoms with Crippen molar-refractivity contribution in [3.05, 3.63) is 129 Å². The van der Waals surface area contributed by atoms with Gasteiger partial charge in [0.2, 0.25) is 0 Å². The lowest BCUT2D eigenvalue weighted by Crippen LogP contribution is -2.29. The Morgan fingerprint density at radius 1 is 0.974 bits per heavy atom. The zero-order valence-electron chi connectivity index (χ0n) is 20.4. The lowest BCUT2D eigenvalue weighted by Gasteiger charge is -2.24. The Morgan fingerprint density at radius 3 is 2.45 bits per heavy atom. The van der Waals surface area contributed by atoms with E-state index < -0.39 is 17.7 Å². The largest absolute Gasteiger partial charge is 0.507 e. The number of likely N-dealkylation sites (tertiary alicyclic amines) is 1. The molecule has 38 heavy (non-hydrogen) atoms. The van der Waals surface area contributed by atoms with E-state index in [1.165, 1.54) is 11.2 Å². The maximum Gasteiger partial charge on any atom is 0.296 e. The van der Waals surface area contributed by atoms with Crippen molar-refractivity contribution < 1.29 is 23.8 Å². The number of carbonyl (C=O) groups excluding carboxylic acids is 2. The van der Waals surface area contributed by atoms with Crippen LogP contribution in [0.25, 0.3) is 5.76 Å². The second-order valence-electron chi connectivity index (χ2n) is 8.98. The summed E-state index contributed by atoms with van der Waals surface area (Å²) in [5, 5.41) is 11.9. The summed E-state index contributed by atoms with van der Waals surface area (Å²) in [6.45, 7) is 2.44. The summed E-state index contributed by atoms with van der Waals surface area (Å²) in [5.41, 5.74) is 3.04. The van der Waals surface area contributed by atoms with E-state index >= 15 is 0 Å². The summed E-state index contributed by atoms with van der Waals surface area (Å²) in [5.74, 6) is -0.761. The number of Topliss-reactive ketones (excluding diaryl/α,β-unsaturated/α-hetero) is 1. The third-order valence-electron chi connectivity index (χ3n) is 6.32. The van der Waals surface area contributed by atoms with Gasteiger partial charge in [0.05, 0.1) is 34.5 Å². The Morgan fingerprint density at radius 2 is 1.76 bits per heavy atom. The number of benzene rings is 3. The molecule has 1 atom stereocenters. The van der Waals surface area contributed by atoms with Crippen LogP contribution >= 0.6 is 23.2 Å². The molecular formula is C30H23Cl2NO5. The van der Waals surface area contributed by atoms with Crippen molar-refractivity contribution >= 4 is 40.7 Å². The Balaban J connectivity index is 1.48. The first-order chi connectivity index (χ1) is 18.3.